The summed E-state index contributed by atoms with van der Waals surface area (Å²) in [5, 5.41) is -0.0285. The maximum atomic E-state index is 12.3. The molecule has 0 fully saturated rings. The van der Waals surface area contributed by atoms with Crippen LogP contribution < -0.4 is 10.5 Å². The first kappa shape index (κ1) is 16.6. The number of hydrogen-bond donors (Lipinski definition) is 2. The SMILES string of the molecule is Nc1cc(Cl)c(S(=O)(=O)NCc2ccccc2Br)c(Cl)c1. The van der Waals surface area contributed by atoms with Crippen molar-refractivity contribution in [1.29, 1.82) is 0 Å². The lowest BCUT2D eigenvalue weighted by atomic mass is 10.2. The van der Waals surface area contributed by atoms with Gasteiger partial charge >= 0.3 is 0 Å². The minimum atomic E-state index is -3.84. The molecule has 0 aliphatic rings. The lowest BCUT2D eigenvalue weighted by molar-refractivity contribution is 0.581. The van der Waals surface area contributed by atoms with E-state index < -0.39 is 10.0 Å². The van der Waals surface area contributed by atoms with Gasteiger partial charge in [-0.3, -0.25) is 0 Å². The van der Waals surface area contributed by atoms with Gasteiger partial charge in [-0.15, -0.1) is 0 Å². The van der Waals surface area contributed by atoms with Gasteiger partial charge in [0.15, 0.2) is 0 Å². The number of rotatable bonds is 4. The first-order valence-electron chi connectivity index (χ1n) is 5.79. The largest absolute Gasteiger partial charge is 0.399 e. The molecule has 0 saturated heterocycles. The van der Waals surface area contributed by atoms with E-state index in [0.717, 1.165) is 10.0 Å². The molecule has 0 atom stereocenters. The van der Waals surface area contributed by atoms with Crippen molar-refractivity contribution in [2.75, 3.05) is 5.73 Å². The third kappa shape index (κ3) is 3.90. The maximum absolute atomic E-state index is 12.3. The number of nitrogens with two attached hydrogens (primary N) is 1. The zero-order chi connectivity index (χ0) is 15.6. The van der Waals surface area contributed by atoms with Crippen LogP contribution in [-0.4, -0.2) is 8.42 Å². The van der Waals surface area contributed by atoms with E-state index in [4.69, 9.17) is 28.9 Å². The molecule has 2 aromatic carbocycles. The van der Waals surface area contributed by atoms with Crippen LogP contribution in [0.3, 0.4) is 0 Å². The molecular weight excluding hydrogens is 399 g/mol. The highest BCUT2D eigenvalue weighted by Gasteiger charge is 2.22. The Bertz CT molecular complexity index is 758. The molecule has 0 radical (unpaired) electrons. The molecule has 0 aliphatic heterocycles. The Hall–Kier alpha value is -0.790. The van der Waals surface area contributed by atoms with Crippen molar-refractivity contribution in [3.8, 4) is 0 Å². The average molecular weight is 410 g/mol. The second-order valence-electron chi connectivity index (χ2n) is 4.23. The Morgan fingerprint density at radius 3 is 2.29 bits per heavy atom. The first-order chi connectivity index (χ1) is 9.81. The van der Waals surface area contributed by atoms with E-state index in [1.54, 1.807) is 6.07 Å². The Labute approximate surface area is 141 Å². The summed E-state index contributed by atoms with van der Waals surface area (Å²) >= 11 is 15.2. The monoisotopic (exact) mass is 408 g/mol. The summed E-state index contributed by atoms with van der Waals surface area (Å²) in [5.74, 6) is 0. The quantitative estimate of drug-likeness (QED) is 0.754. The number of anilines is 1. The van der Waals surface area contributed by atoms with E-state index in [0.29, 0.717) is 5.69 Å². The van der Waals surface area contributed by atoms with E-state index in [-0.39, 0.29) is 21.5 Å². The Morgan fingerprint density at radius 2 is 1.71 bits per heavy atom. The van der Waals surface area contributed by atoms with E-state index in [9.17, 15) is 8.42 Å². The van der Waals surface area contributed by atoms with E-state index in [2.05, 4.69) is 20.7 Å². The highest BCUT2D eigenvalue weighted by atomic mass is 79.9. The van der Waals surface area contributed by atoms with Gasteiger partial charge in [-0.1, -0.05) is 57.3 Å². The fourth-order valence-corrected chi connectivity index (χ4v) is 4.38. The van der Waals surface area contributed by atoms with Gasteiger partial charge in [0.2, 0.25) is 10.0 Å². The minimum absolute atomic E-state index is 0.0142. The van der Waals surface area contributed by atoms with E-state index in [1.165, 1.54) is 12.1 Å². The van der Waals surface area contributed by atoms with Crippen molar-refractivity contribution in [1.82, 2.24) is 4.72 Å². The molecule has 8 heteroatoms. The molecule has 0 bridgehead atoms. The van der Waals surface area contributed by atoms with Gasteiger partial charge < -0.3 is 5.73 Å². The van der Waals surface area contributed by atoms with Crippen LogP contribution in [0.5, 0.6) is 0 Å². The third-order valence-corrected chi connectivity index (χ3v) is 5.80. The molecule has 0 amide bonds. The molecule has 0 aromatic heterocycles. The van der Waals surface area contributed by atoms with Crippen LogP contribution in [0.1, 0.15) is 5.56 Å². The lowest BCUT2D eigenvalue weighted by Gasteiger charge is -2.11. The summed E-state index contributed by atoms with van der Waals surface area (Å²) in [5.41, 5.74) is 6.66. The van der Waals surface area contributed by atoms with Crippen LogP contribution in [0.4, 0.5) is 5.69 Å². The van der Waals surface area contributed by atoms with Gasteiger partial charge in [-0.25, -0.2) is 13.1 Å². The molecule has 3 N–H and O–H groups in total. The Morgan fingerprint density at radius 1 is 1.14 bits per heavy atom. The van der Waals surface area contributed by atoms with Crippen molar-refractivity contribution >= 4 is 54.8 Å². The predicted octanol–water partition coefficient (Wildman–Crippen LogP) is 3.82. The van der Waals surface area contributed by atoms with Crippen molar-refractivity contribution in [2.45, 2.75) is 11.4 Å². The number of sulfonamides is 1. The van der Waals surface area contributed by atoms with Crippen LogP contribution in [0.2, 0.25) is 10.0 Å². The van der Waals surface area contributed by atoms with Gasteiger partial charge in [0.05, 0.1) is 10.0 Å². The fourth-order valence-electron chi connectivity index (χ4n) is 1.72. The summed E-state index contributed by atoms with van der Waals surface area (Å²) in [7, 11) is -3.84. The molecule has 0 heterocycles. The van der Waals surface area contributed by atoms with Gasteiger partial charge in [0, 0.05) is 16.7 Å². The van der Waals surface area contributed by atoms with Crippen LogP contribution in [0.25, 0.3) is 0 Å². The molecule has 0 saturated carbocycles. The fraction of sp³-hybridized carbons (Fsp3) is 0.0769. The molecule has 2 aromatic rings. The maximum Gasteiger partial charge on any atom is 0.243 e. The topological polar surface area (TPSA) is 72.2 Å². The normalized spacial score (nSPS) is 11.6. The van der Waals surface area contributed by atoms with E-state index in [1.807, 2.05) is 18.2 Å². The molecule has 0 spiro atoms. The number of nitrogens with one attached hydrogen (secondary N) is 1. The first-order valence-corrected chi connectivity index (χ1v) is 8.82. The van der Waals surface area contributed by atoms with Gasteiger partial charge in [0.1, 0.15) is 4.90 Å². The second kappa shape index (κ2) is 6.54. The summed E-state index contributed by atoms with van der Waals surface area (Å²) < 4.78 is 27.9. The molecule has 21 heavy (non-hydrogen) atoms. The van der Waals surface area contributed by atoms with Gasteiger partial charge in [0.25, 0.3) is 0 Å². The molecule has 112 valence electrons. The van der Waals surface area contributed by atoms with Crippen LogP contribution in [0.15, 0.2) is 45.8 Å². The molecule has 2 rings (SSSR count). The summed E-state index contributed by atoms with van der Waals surface area (Å²) in [6.45, 7) is 0.112. The van der Waals surface area contributed by atoms with Crippen molar-refractivity contribution in [3.63, 3.8) is 0 Å². The predicted molar refractivity (Wildman–Crippen MR) is 89.0 cm³/mol. The van der Waals surface area contributed by atoms with Crippen LogP contribution in [0, 0.1) is 0 Å². The molecule has 4 nitrogen and oxygen atoms in total. The van der Waals surface area contributed by atoms with Crippen LogP contribution in [-0.2, 0) is 16.6 Å². The zero-order valence-electron chi connectivity index (χ0n) is 10.6. The number of benzene rings is 2. The van der Waals surface area contributed by atoms with Crippen LogP contribution >= 0.6 is 39.1 Å². The number of halogens is 3. The summed E-state index contributed by atoms with van der Waals surface area (Å²) in [6, 6.07) is 9.99. The van der Waals surface area contributed by atoms with Gasteiger partial charge in [-0.2, -0.15) is 0 Å². The summed E-state index contributed by atoms with van der Waals surface area (Å²) in [4.78, 5) is -0.174. The smallest absolute Gasteiger partial charge is 0.243 e. The number of hydrogen-bond acceptors (Lipinski definition) is 3. The molecule has 0 aliphatic carbocycles. The van der Waals surface area contributed by atoms with Crippen molar-refractivity contribution < 1.29 is 8.42 Å². The molecular formula is C13H11BrCl2N2O2S. The third-order valence-electron chi connectivity index (χ3n) is 2.70. The van der Waals surface area contributed by atoms with Crippen molar-refractivity contribution in [2.24, 2.45) is 0 Å². The van der Waals surface area contributed by atoms with Crippen molar-refractivity contribution in [3.05, 3.63) is 56.5 Å². The Balaban J connectivity index is 2.30. The summed E-state index contributed by atoms with van der Waals surface area (Å²) in [6.07, 6.45) is 0. The Kier molecular flexibility index (Phi) is 5.16. The number of nitrogen functional groups attached to an aromatic ring is 1. The highest BCUT2D eigenvalue weighted by molar-refractivity contribution is 9.10. The molecule has 0 unspecified atom stereocenters. The second-order valence-corrected chi connectivity index (χ2v) is 7.60. The van der Waals surface area contributed by atoms with E-state index >= 15 is 0 Å². The van der Waals surface area contributed by atoms with Gasteiger partial charge in [-0.05, 0) is 23.8 Å². The highest BCUT2D eigenvalue weighted by Crippen LogP contribution is 2.31. The minimum Gasteiger partial charge on any atom is -0.399 e. The average Bonchev–Trinajstić information content (AvgIpc) is 2.36. The zero-order valence-corrected chi connectivity index (χ0v) is 14.5. The lowest BCUT2D eigenvalue weighted by Crippen LogP contribution is -2.24. The standard InChI is InChI=1S/C13H11BrCl2N2O2S/c14-10-4-2-1-3-8(10)7-18-21(19,20)13-11(15)5-9(17)6-12(13)16/h1-6,18H,7,17H2.